The number of hydrogen-bond acceptors (Lipinski definition) is 1. The molecule has 1 heteroatoms. The van der Waals surface area contributed by atoms with Crippen molar-refractivity contribution >= 4 is 0 Å². The molecule has 0 amide bonds. The van der Waals surface area contributed by atoms with Gasteiger partial charge in [0.25, 0.3) is 0 Å². The van der Waals surface area contributed by atoms with Crippen molar-refractivity contribution in [2.45, 2.75) is 71.8 Å². The minimum Gasteiger partial charge on any atom is -0.327 e. The van der Waals surface area contributed by atoms with E-state index in [1.54, 1.807) is 0 Å². The van der Waals surface area contributed by atoms with Crippen molar-refractivity contribution in [1.29, 1.82) is 0 Å². The molecule has 0 aromatic heterocycles. The number of nitrogens with two attached hydrogens (primary N) is 1. The molecule has 0 bridgehead atoms. The van der Waals surface area contributed by atoms with Crippen LogP contribution in [0.4, 0.5) is 0 Å². The first kappa shape index (κ1) is 12.0. The second kappa shape index (κ2) is 5.16. The van der Waals surface area contributed by atoms with Gasteiger partial charge in [-0.15, -0.1) is 0 Å². The van der Waals surface area contributed by atoms with Gasteiger partial charge in [0.1, 0.15) is 0 Å². The summed E-state index contributed by atoms with van der Waals surface area (Å²) in [5, 5.41) is 0. The molecule has 1 nitrogen and oxygen atoms in total. The quantitative estimate of drug-likeness (QED) is 0.714. The van der Waals surface area contributed by atoms with Crippen LogP contribution < -0.4 is 5.73 Å². The van der Waals surface area contributed by atoms with Crippen molar-refractivity contribution in [3.8, 4) is 0 Å². The van der Waals surface area contributed by atoms with Gasteiger partial charge in [-0.2, -0.15) is 0 Å². The molecule has 1 saturated carbocycles. The van der Waals surface area contributed by atoms with Crippen LogP contribution in [0.25, 0.3) is 0 Å². The molecule has 0 aliphatic heterocycles. The summed E-state index contributed by atoms with van der Waals surface area (Å²) >= 11 is 0. The van der Waals surface area contributed by atoms with Crippen LogP contribution in [-0.4, -0.2) is 6.04 Å². The van der Waals surface area contributed by atoms with Gasteiger partial charge >= 0.3 is 0 Å². The molecule has 0 aromatic carbocycles. The first-order valence-electron chi connectivity index (χ1n) is 6.40. The fourth-order valence-electron chi connectivity index (χ4n) is 2.92. The highest BCUT2D eigenvalue weighted by Gasteiger charge is 2.37. The Balaban J connectivity index is 2.51. The Hall–Kier alpha value is -0.0400. The van der Waals surface area contributed by atoms with Gasteiger partial charge in [0.05, 0.1) is 0 Å². The van der Waals surface area contributed by atoms with Gasteiger partial charge in [0.15, 0.2) is 0 Å². The number of rotatable bonds is 5. The van der Waals surface area contributed by atoms with Gasteiger partial charge in [-0.1, -0.05) is 40.0 Å². The average Bonchev–Trinajstić information content (AvgIpc) is 2.67. The van der Waals surface area contributed by atoms with Gasteiger partial charge in [-0.25, -0.2) is 0 Å². The molecule has 0 saturated heterocycles. The highest BCUT2D eigenvalue weighted by molar-refractivity contribution is 4.92. The van der Waals surface area contributed by atoms with E-state index in [0.717, 1.165) is 5.92 Å². The SMILES string of the molecule is CCC(C)CC(N)C1(CC)CCCC1. The zero-order valence-corrected chi connectivity index (χ0v) is 10.2. The lowest BCUT2D eigenvalue weighted by Gasteiger charge is -2.35. The second-order valence-corrected chi connectivity index (χ2v) is 5.28. The van der Waals surface area contributed by atoms with Crippen molar-refractivity contribution in [2.24, 2.45) is 17.1 Å². The molecule has 2 atom stereocenters. The smallest absolute Gasteiger partial charge is 0.00979 e. The molecule has 1 fully saturated rings. The molecule has 0 heterocycles. The summed E-state index contributed by atoms with van der Waals surface area (Å²) in [5.41, 5.74) is 6.90. The molecule has 14 heavy (non-hydrogen) atoms. The highest BCUT2D eigenvalue weighted by Crippen LogP contribution is 2.44. The first-order valence-corrected chi connectivity index (χ1v) is 6.40. The molecule has 2 unspecified atom stereocenters. The van der Waals surface area contributed by atoms with Crippen LogP contribution in [0.2, 0.25) is 0 Å². The minimum absolute atomic E-state index is 0.449. The van der Waals surface area contributed by atoms with Crippen LogP contribution in [0.15, 0.2) is 0 Å². The molecule has 84 valence electrons. The topological polar surface area (TPSA) is 26.0 Å². The Bertz CT molecular complexity index is 159. The van der Waals surface area contributed by atoms with Crippen molar-refractivity contribution in [2.75, 3.05) is 0 Å². The third-order valence-corrected chi connectivity index (χ3v) is 4.44. The number of hydrogen-bond donors (Lipinski definition) is 1. The Labute approximate surface area is 89.5 Å². The van der Waals surface area contributed by atoms with E-state index < -0.39 is 0 Å². The van der Waals surface area contributed by atoms with Crippen LogP contribution >= 0.6 is 0 Å². The monoisotopic (exact) mass is 197 g/mol. The molecule has 1 aliphatic carbocycles. The predicted octanol–water partition coefficient (Wildman–Crippen LogP) is 3.72. The maximum absolute atomic E-state index is 6.40. The van der Waals surface area contributed by atoms with Crippen LogP contribution in [0, 0.1) is 11.3 Å². The van der Waals surface area contributed by atoms with Gasteiger partial charge in [-0.05, 0) is 37.0 Å². The summed E-state index contributed by atoms with van der Waals surface area (Å²) in [7, 11) is 0. The lowest BCUT2D eigenvalue weighted by molar-refractivity contribution is 0.193. The maximum Gasteiger partial charge on any atom is 0.00979 e. The normalized spacial score (nSPS) is 24.9. The second-order valence-electron chi connectivity index (χ2n) is 5.28. The molecular formula is C13H27N. The molecule has 1 aliphatic rings. The van der Waals surface area contributed by atoms with E-state index >= 15 is 0 Å². The molecule has 0 aromatic rings. The predicted molar refractivity (Wildman–Crippen MR) is 63.2 cm³/mol. The van der Waals surface area contributed by atoms with E-state index in [1.807, 2.05) is 0 Å². The third kappa shape index (κ3) is 2.50. The molecule has 2 N–H and O–H groups in total. The van der Waals surface area contributed by atoms with Crippen molar-refractivity contribution < 1.29 is 0 Å². The summed E-state index contributed by atoms with van der Waals surface area (Å²) in [5.74, 6) is 0.800. The average molecular weight is 197 g/mol. The summed E-state index contributed by atoms with van der Waals surface area (Å²) in [6.07, 6.45) is 9.34. The maximum atomic E-state index is 6.40. The fourth-order valence-corrected chi connectivity index (χ4v) is 2.92. The Morgan fingerprint density at radius 2 is 1.79 bits per heavy atom. The van der Waals surface area contributed by atoms with Crippen molar-refractivity contribution in [3.05, 3.63) is 0 Å². The molecule has 0 radical (unpaired) electrons. The summed E-state index contributed by atoms with van der Waals surface area (Å²) in [6.45, 7) is 6.92. The summed E-state index contributed by atoms with van der Waals surface area (Å²) < 4.78 is 0. The minimum atomic E-state index is 0.449. The molecular weight excluding hydrogens is 170 g/mol. The van der Waals surface area contributed by atoms with Crippen LogP contribution in [-0.2, 0) is 0 Å². The van der Waals surface area contributed by atoms with Crippen LogP contribution in [0.3, 0.4) is 0 Å². The Morgan fingerprint density at radius 1 is 1.21 bits per heavy atom. The zero-order valence-electron chi connectivity index (χ0n) is 10.2. The van der Waals surface area contributed by atoms with E-state index in [4.69, 9.17) is 5.73 Å². The van der Waals surface area contributed by atoms with E-state index in [0.29, 0.717) is 11.5 Å². The van der Waals surface area contributed by atoms with E-state index in [1.165, 1.54) is 44.9 Å². The lowest BCUT2D eigenvalue weighted by atomic mass is 9.73. The highest BCUT2D eigenvalue weighted by atomic mass is 14.7. The van der Waals surface area contributed by atoms with E-state index in [9.17, 15) is 0 Å². The summed E-state index contributed by atoms with van der Waals surface area (Å²) in [6, 6.07) is 0.449. The molecule has 0 spiro atoms. The van der Waals surface area contributed by atoms with E-state index in [-0.39, 0.29) is 0 Å². The van der Waals surface area contributed by atoms with Crippen LogP contribution in [0.5, 0.6) is 0 Å². The first-order chi connectivity index (χ1) is 6.64. The van der Waals surface area contributed by atoms with Gasteiger partial charge in [0, 0.05) is 6.04 Å². The Morgan fingerprint density at radius 3 is 2.21 bits per heavy atom. The van der Waals surface area contributed by atoms with Gasteiger partial charge < -0.3 is 5.73 Å². The largest absolute Gasteiger partial charge is 0.327 e. The lowest BCUT2D eigenvalue weighted by Crippen LogP contribution is -2.40. The van der Waals surface area contributed by atoms with Crippen molar-refractivity contribution in [1.82, 2.24) is 0 Å². The van der Waals surface area contributed by atoms with Gasteiger partial charge in [0.2, 0.25) is 0 Å². The van der Waals surface area contributed by atoms with Gasteiger partial charge in [-0.3, -0.25) is 0 Å². The fraction of sp³-hybridized carbons (Fsp3) is 1.00. The zero-order chi connectivity index (χ0) is 10.6. The summed E-state index contributed by atoms with van der Waals surface area (Å²) in [4.78, 5) is 0. The standard InChI is InChI=1S/C13H27N/c1-4-11(3)10-12(14)13(5-2)8-6-7-9-13/h11-12H,4-10,14H2,1-3H3. The van der Waals surface area contributed by atoms with Crippen LogP contribution in [0.1, 0.15) is 65.7 Å². The third-order valence-electron chi connectivity index (χ3n) is 4.44. The molecule has 1 rings (SSSR count). The van der Waals surface area contributed by atoms with E-state index in [2.05, 4.69) is 20.8 Å². The Kier molecular flexibility index (Phi) is 4.43. The van der Waals surface area contributed by atoms with Crippen molar-refractivity contribution in [3.63, 3.8) is 0 Å².